The van der Waals surface area contributed by atoms with Crippen molar-refractivity contribution in [1.82, 2.24) is 14.5 Å². The van der Waals surface area contributed by atoms with E-state index in [9.17, 15) is 23.6 Å². The van der Waals surface area contributed by atoms with E-state index in [4.69, 9.17) is 4.74 Å². The number of aromatic nitrogens is 2. The van der Waals surface area contributed by atoms with E-state index in [0.29, 0.717) is 10.4 Å². The molecule has 0 fully saturated rings. The number of carbonyl (C=O) groups is 2. The average molecular weight is 587 g/mol. The number of nitrogens with one attached hydrogen (secondary N) is 1. The topological polar surface area (TPSA) is 99.4 Å². The van der Waals surface area contributed by atoms with E-state index >= 15 is 0 Å². The molecule has 0 radical (unpaired) electrons. The minimum absolute atomic E-state index is 0.0242. The van der Waals surface area contributed by atoms with Gasteiger partial charge >= 0.3 is 5.69 Å². The number of rotatable bonds is 7. The van der Waals surface area contributed by atoms with Crippen molar-refractivity contribution in [3.63, 3.8) is 0 Å². The summed E-state index contributed by atoms with van der Waals surface area (Å²) in [4.78, 5) is 52.8. The molecule has 0 aliphatic carbocycles. The second kappa shape index (κ2) is 9.75. The molecule has 0 aliphatic heterocycles. The Hall–Kier alpha value is -2.54. The van der Waals surface area contributed by atoms with Crippen LogP contribution in [0.4, 0.5) is 4.39 Å². The van der Waals surface area contributed by atoms with Crippen LogP contribution in [0, 0.1) is 15.6 Å². The number of Topliss-reactive ketones (excluding diaryl/α,β-unsaturated/α-hetero) is 1. The number of methoxy groups -OCH3 is 1. The summed E-state index contributed by atoms with van der Waals surface area (Å²) in [7, 11) is 1.36. The average Bonchev–Trinajstić information content (AvgIpc) is 3.04. The van der Waals surface area contributed by atoms with Crippen molar-refractivity contribution in [2.45, 2.75) is 46.3 Å². The molecule has 33 heavy (non-hydrogen) atoms. The van der Waals surface area contributed by atoms with Crippen LogP contribution in [0.1, 0.15) is 42.7 Å². The normalized spacial score (nSPS) is 12.2. The molecule has 0 bridgehead atoms. The van der Waals surface area contributed by atoms with Crippen LogP contribution in [0.15, 0.2) is 27.8 Å². The maximum atomic E-state index is 13.8. The Morgan fingerprint density at radius 2 is 1.91 bits per heavy atom. The third-order valence-corrected chi connectivity index (χ3v) is 7.72. The first-order valence-electron chi connectivity index (χ1n) is 10.1. The number of hydrogen-bond acceptors (Lipinski definition) is 6. The van der Waals surface area contributed by atoms with Crippen molar-refractivity contribution in [2.75, 3.05) is 7.11 Å². The second-order valence-electron chi connectivity index (χ2n) is 7.83. The van der Waals surface area contributed by atoms with Crippen LogP contribution in [-0.2, 0) is 11.3 Å². The van der Waals surface area contributed by atoms with Gasteiger partial charge in [-0.25, -0.2) is 13.8 Å². The van der Waals surface area contributed by atoms with Crippen LogP contribution in [-0.4, -0.2) is 34.0 Å². The van der Waals surface area contributed by atoms with Crippen LogP contribution < -0.4 is 21.3 Å². The van der Waals surface area contributed by atoms with Crippen molar-refractivity contribution in [3.8, 4) is 5.75 Å². The molecular formula is C22H23FIN3O5S. The fraction of sp³-hybridized carbons (Fsp3) is 0.364. The molecule has 2 heterocycles. The van der Waals surface area contributed by atoms with E-state index in [0.717, 1.165) is 13.5 Å². The fourth-order valence-electron chi connectivity index (χ4n) is 3.47. The predicted octanol–water partition coefficient (Wildman–Crippen LogP) is 3.25. The van der Waals surface area contributed by atoms with E-state index in [1.807, 2.05) is 0 Å². The highest BCUT2D eigenvalue weighted by Crippen LogP contribution is 2.30. The van der Waals surface area contributed by atoms with E-state index in [1.54, 1.807) is 20.8 Å². The summed E-state index contributed by atoms with van der Waals surface area (Å²) >= 11 is 3.26. The number of aryl methyl sites for hydroxylation is 1. The van der Waals surface area contributed by atoms with Gasteiger partial charge < -0.3 is 10.1 Å². The van der Waals surface area contributed by atoms with Crippen molar-refractivity contribution in [2.24, 2.45) is 0 Å². The Bertz CT molecular complexity index is 1380. The Morgan fingerprint density at radius 1 is 1.24 bits per heavy atom. The van der Waals surface area contributed by atoms with Crippen molar-refractivity contribution in [1.29, 1.82) is 0 Å². The Kier molecular flexibility index (Phi) is 7.42. The molecule has 1 aromatic carbocycles. The first kappa shape index (κ1) is 25.1. The van der Waals surface area contributed by atoms with Gasteiger partial charge in [0.1, 0.15) is 22.4 Å². The minimum Gasteiger partial charge on any atom is -0.496 e. The van der Waals surface area contributed by atoms with Gasteiger partial charge in [-0.2, -0.15) is 0 Å². The van der Waals surface area contributed by atoms with Gasteiger partial charge in [0.2, 0.25) is 5.91 Å². The number of hydrogen-bond donors (Lipinski definition) is 1. The number of ether oxygens (including phenoxy) is 1. The first-order chi connectivity index (χ1) is 15.5. The maximum Gasteiger partial charge on any atom is 0.333 e. The zero-order valence-corrected chi connectivity index (χ0v) is 21.7. The van der Waals surface area contributed by atoms with Crippen LogP contribution in [0.2, 0.25) is 0 Å². The molecule has 8 nitrogen and oxygen atoms in total. The molecule has 1 atom stereocenters. The third-order valence-electron chi connectivity index (χ3n) is 5.15. The lowest BCUT2D eigenvalue weighted by Crippen LogP contribution is -2.47. The number of ketones is 1. The van der Waals surface area contributed by atoms with Gasteiger partial charge in [-0.05, 0) is 74.0 Å². The summed E-state index contributed by atoms with van der Waals surface area (Å²) < 4.78 is 21.8. The summed E-state index contributed by atoms with van der Waals surface area (Å²) in [6.45, 7) is 6.29. The van der Waals surface area contributed by atoms with Crippen molar-refractivity contribution < 1.29 is 18.7 Å². The zero-order chi connectivity index (χ0) is 24.6. The Labute approximate surface area is 206 Å². The van der Waals surface area contributed by atoms with Crippen LogP contribution >= 0.6 is 33.9 Å². The molecule has 0 spiro atoms. The van der Waals surface area contributed by atoms with Gasteiger partial charge in [-0.15, -0.1) is 11.3 Å². The molecule has 1 amide bonds. The Balaban J connectivity index is 2.24. The molecule has 0 unspecified atom stereocenters. The maximum absolute atomic E-state index is 13.8. The number of benzene rings is 1. The highest BCUT2D eigenvalue weighted by Gasteiger charge is 2.27. The molecular weight excluding hydrogens is 564 g/mol. The first-order valence-corrected chi connectivity index (χ1v) is 12.0. The molecule has 1 N–H and O–H groups in total. The monoisotopic (exact) mass is 587 g/mol. The highest BCUT2D eigenvalue weighted by molar-refractivity contribution is 14.1. The van der Waals surface area contributed by atoms with E-state index in [-0.39, 0.29) is 22.7 Å². The van der Waals surface area contributed by atoms with E-state index in [1.165, 1.54) is 42.1 Å². The summed E-state index contributed by atoms with van der Waals surface area (Å²) in [6, 6.07) is 2.26. The second-order valence-corrected chi connectivity index (χ2v) is 10.6. The summed E-state index contributed by atoms with van der Waals surface area (Å²) in [5.74, 6) is -1.51. The number of amides is 1. The number of fused-ring (bicyclic) bond motifs is 1. The standard InChI is InChI=1S/C22H23FIN3O5S/c1-10(2)25-19(29)12(4)27-20(30)17-11(3)18(24)33-21(17)26(22(27)31)9-15(28)14-8-13(23)6-7-16(14)32-5/h6-8,10,12H,9H2,1-5H3,(H,25,29)/t12-/m1/s1. The van der Waals surface area contributed by atoms with Gasteiger partial charge in [0.05, 0.1) is 27.5 Å². The fourth-order valence-corrected chi connectivity index (χ4v) is 5.38. The van der Waals surface area contributed by atoms with Gasteiger partial charge in [0.15, 0.2) is 5.78 Å². The molecule has 11 heteroatoms. The van der Waals surface area contributed by atoms with Gasteiger partial charge in [0.25, 0.3) is 5.56 Å². The summed E-state index contributed by atoms with van der Waals surface area (Å²) in [5.41, 5.74) is -0.746. The minimum atomic E-state index is -1.10. The van der Waals surface area contributed by atoms with Crippen LogP contribution in [0.5, 0.6) is 5.75 Å². The van der Waals surface area contributed by atoms with Crippen molar-refractivity contribution in [3.05, 3.63) is 58.9 Å². The number of halogens is 2. The summed E-state index contributed by atoms with van der Waals surface area (Å²) in [6.07, 6.45) is 0. The molecule has 2 aromatic heterocycles. The molecule has 0 saturated heterocycles. The van der Waals surface area contributed by atoms with E-state index in [2.05, 4.69) is 27.9 Å². The van der Waals surface area contributed by atoms with Gasteiger partial charge in [-0.1, -0.05) is 0 Å². The van der Waals surface area contributed by atoms with Crippen LogP contribution in [0.25, 0.3) is 10.2 Å². The number of nitrogens with zero attached hydrogens (tertiary/aromatic N) is 2. The van der Waals surface area contributed by atoms with Gasteiger partial charge in [-0.3, -0.25) is 19.0 Å². The zero-order valence-electron chi connectivity index (χ0n) is 18.7. The molecule has 3 rings (SSSR count). The Morgan fingerprint density at radius 3 is 2.52 bits per heavy atom. The largest absolute Gasteiger partial charge is 0.496 e. The lowest BCUT2D eigenvalue weighted by molar-refractivity contribution is -0.124. The van der Waals surface area contributed by atoms with Crippen LogP contribution in [0.3, 0.4) is 0 Å². The molecule has 0 aliphatic rings. The third kappa shape index (κ3) is 4.74. The summed E-state index contributed by atoms with van der Waals surface area (Å²) in [5, 5.41) is 2.97. The van der Waals surface area contributed by atoms with Crippen molar-refractivity contribution >= 4 is 55.8 Å². The van der Waals surface area contributed by atoms with Gasteiger partial charge in [0, 0.05) is 6.04 Å². The number of carbonyl (C=O) groups excluding carboxylic acids is 2. The molecule has 3 aromatic rings. The number of thiophene rings is 1. The quantitative estimate of drug-likeness (QED) is 0.338. The smallest absolute Gasteiger partial charge is 0.333 e. The molecule has 0 saturated carbocycles. The SMILES string of the molecule is COc1ccc(F)cc1C(=O)Cn1c(=O)n([C@H](C)C(=O)NC(C)C)c(=O)c2c(C)c(I)sc21. The predicted molar refractivity (Wildman–Crippen MR) is 133 cm³/mol. The lowest BCUT2D eigenvalue weighted by Gasteiger charge is -2.18. The molecule has 176 valence electrons. The van der Waals surface area contributed by atoms with E-state index < -0.39 is 41.3 Å². The highest BCUT2D eigenvalue weighted by atomic mass is 127. The lowest BCUT2D eigenvalue weighted by atomic mass is 10.1.